The van der Waals surface area contributed by atoms with Gasteiger partial charge in [-0.3, -0.25) is 4.79 Å². The van der Waals surface area contributed by atoms with Gasteiger partial charge in [0.2, 0.25) is 0 Å². The third kappa shape index (κ3) is 2.43. The number of hydrogen-bond donors (Lipinski definition) is 0. The minimum Gasteiger partial charge on any atom is -0.462 e. The molecule has 0 aromatic heterocycles. The molecule has 1 aromatic rings. The van der Waals surface area contributed by atoms with Crippen LogP contribution in [0.1, 0.15) is 44.1 Å². The molecule has 1 heterocycles. The van der Waals surface area contributed by atoms with Crippen LogP contribution in [0.2, 0.25) is 0 Å². The van der Waals surface area contributed by atoms with E-state index in [-0.39, 0.29) is 18.0 Å². The molecule has 1 saturated heterocycles. The summed E-state index contributed by atoms with van der Waals surface area (Å²) >= 11 is 0. The van der Waals surface area contributed by atoms with Gasteiger partial charge >= 0.3 is 5.97 Å². The Hall–Kier alpha value is -1.31. The molecule has 2 nitrogen and oxygen atoms in total. The first-order chi connectivity index (χ1) is 7.81. The van der Waals surface area contributed by atoms with E-state index >= 15 is 0 Å². The van der Waals surface area contributed by atoms with E-state index in [2.05, 4.69) is 19.1 Å². The van der Waals surface area contributed by atoms with E-state index in [0.717, 1.165) is 19.3 Å². The number of carbonyl (C=O) groups excluding carboxylic acids is 1. The van der Waals surface area contributed by atoms with Crippen LogP contribution in [-0.4, -0.2) is 12.1 Å². The van der Waals surface area contributed by atoms with Crippen LogP contribution in [0.4, 0.5) is 0 Å². The summed E-state index contributed by atoms with van der Waals surface area (Å²) in [6.07, 6.45) is 3.90. The molecular formula is C14H18O2. The summed E-state index contributed by atoms with van der Waals surface area (Å²) < 4.78 is 5.39. The maximum Gasteiger partial charge on any atom is 0.306 e. The van der Waals surface area contributed by atoms with Crippen molar-refractivity contribution in [2.75, 3.05) is 0 Å². The van der Waals surface area contributed by atoms with Gasteiger partial charge in [0.1, 0.15) is 6.10 Å². The van der Waals surface area contributed by atoms with Crippen molar-refractivity contribution < 1.29 is 9.53 Å². The fourth-order valence-electron chi connectivity index (χ4n) is 2.31. The second-order valence-corrected chi connectivity index (χ2v) is 4.39. The zero-order chi connectivity index (χ0) is 11.4. The standard InChI is InChI=1S/C14H18O2/c1-2-3-9-13-12(10-14(15)16-13)11-7-5-4-6-8-11/h4-8,12-13H,2-3,9-10H2,1H3/t12-,13-/m1/s1. The van der Waals surface area contributed by atoms with Crippen LogP contribution in [0.3, 0.4) is 0 Å². The first kappa shape index (κ1) is 11.2. The van der Waals surface area contributed by atoms with Crippen molar-refractivity contribution in [1.82, 2.24) is 0 Å². The Kier molecular flexibility index (Phi) is 3.60. The van der Waals surface area contributed by atoms with Crippen LogP contribution in [0.25, 0.3) is 0 Å². The van der Waals surface area contributed by atoms with Gasteiger partial charge in [-0.05, 0) is 12.0 Å². The highest BCUT2D eigenvalue weighted by Gasteiger charge is 2.34. The molecular weight excluding hydrogens is 200 g/mol. The number of carbonyl (C=O) groups is 1. The summed E-state index contributed by atoms with van der Waals surface area (Å²) in [6.45, 7) is 2.16. The van der Waals surface area contributed by atoms with Gasteiger partial charge in [-0.1, -0.05) is 50.1 Å². The van der Waals surface area contributed by atoms with Crippen LogP contribution in [-0.2, 0) is 9.53 Å². The van der Waals surface area contributed by atoms with Gasteiger partial charge in [0.15, 0.2) is 0 Å². The van der Waals surface area contributed by atoms with Gasteiger partial charge in [0, 0.05) is 5.92 Å². The molecule has 0 unspecified atom stereocenters. The highest BCUT2D eigenvalue weighted by Crippen LogP contribution is 2.34. The lowest BCUT2D eigenvalue weighted by Crippen LogP contribution is -2.14. The maximum atomic E-state index is 11.4. The molecule has 0 saturated carbocycles. The summed E-state index contributed by atoms with van der Waals surface area (Å²) in [4.78, 5) is 11.4. The average Bonchev–Trinajstić information content (AvgIpc) is 2.69. The Labute approximate surface area is 96.6 Å². The molecule has 1 aliphatic rings. The third-order valence-electron chi connectivity index (χ3n) is 3.19. The quantitative estimate of drug-likeness (QED) is 0.725. The molecule has 1 aliphatic heterocycles. The van der Waals surface area contributed by atoms with E-state index in [4.69, 9.17) is 4.74 Å². The first-order valence-electron chi connectivity index (χ1n) is 6.05. The van der Waals surface area contributed by atoms with Crippen molar-refractivity contribution in [2.45, 2.75) is 44.6 Å². The Balaban J connectivity index is 2.09. The number of rotatable bonds is 4. The summed E-state index contributed by atoms with van der Waals surface area (Å²) in [5.41, 5.74) is 1.23. The molecule has 2 atom stereocenters. The lowest BCUT2D eigenvalue weighted by molar-refractivity contribution is -0.141. The fourth-order valence-corrected chi connectivity index (χ4v) is 2.31. The van der Waals surface area contributed by atoms with Crippen molar-refractivity contribution in [1.29, 1.82) is 0 Å². The highest BCUT2D eigenvalue weighted by molar-refractivity contribution is 5.73. The topological polar surface area (TPSA) is 26.3 Å². The first-order valence-corrected chi connectivity index (χ1v) is 6.05. The molecule has 0 radical (unpaired) electrons. The van der Waals surface area contributed by atoms with Crippen LogP contribution in [0.15, 0.2) is 30.3 Å². The molecule has 0 N–H and O–H groups in total. The maximum absolute atomic E-state index is 11.4. The third-order valence-corrected chi connectivity index (χ3v) is 3.19. The van der Waals surface area contributed by atoms with Crippen molar-refractivity contribution >= 4 is 5.97 Å². The molecule has 16 heavy (non-hydrogen) atoms. The molecule has 1 aromatic carbocycles. The predicted octanol–water partition coefficient (Wildman–Crippen LogP) is 3.28. The minimum absolute atomic E-state index is 0.0463. The van der Waals surface area contributed by atoms with Gasteiger partial charge in [0.05, 0.1) is 6.42 Å². The number of unbranched alkanes of at least 4 members (excludes halogenated alkanes) is 1. The largest absolute Gasteiger partial charge is 0.462 e. The Bertz CT molecular complexity index is 345. The Morgan fingerprint density at radius 3 is 2.75 bits per heavy atom. The second-order valence-electron chi connectivity index (χ2n) is 4.39. The zero-order valence-electron chi connectivity index (χ0n) is 9.69. The Morgan fingerprint density at radius 1 is 1.31 bits per heavy atom. The van der Waals surface area contributed by atoms with Gasteiger partial charge in [-0.15, -0.1) is 0 Å². The monoisotopic (exact) mass is 218 g/mol. The normalized spacial score (nSPS) is 24.4. The molecule has 0 spiro atoms. The van der Waals surface area contributed by atoms with Crippen molar-refractivity contribution in [3.05, 3.63) is 35.9 Å². The van der Waals surface area contributed by atoms with E-state index in [0.29, 0.717) is 6.42 Å². The van der Waals surface area contributed by atoms with Crippen molar-refractivity contribution in [3.63, 3.8) is 0 Å². The van der Waals surface area contributed by atoms with E-state index in [1.54, 1.807) is 0 Å². The molecule has 2 rings (SSSR count). The average molecular weight is 218 g/mol. The SMILES string of the molecule is CCCC[C@H]1OC(=O)C[C@@H]1c1ccccc1. The number of hydrogen-bond acceptors (Lipinski definition) is 2. The van der Waals surface area contributed by atoms with Gasteiger partial charge in [-0.25, -0.2) is 0 Å². The molecule has 0 amide bonds. The molecule has 86 valence electrons. The van der Waals surface area contributed by atoms with Crippen molar-refractivity contribution in [2.24, 2.45) is 0 Å². The molecule has 0 aliphatic carbocycles. The van der Waals surface area contributed by atoms with E-state index in [9.17, 15) is 4.79 Å². The minimum atomic E-state index is -0.0463. The summed E-state index contributed by atoms with van der Waals surface area (Å²) in [7, 11) is 0. The summed E-state index contributed by atoms with van der Waals surface area (Å²) in [6, 6.07) is 10.2. The van der Waals surface area contributed by atoms with Gasteiger partial charge in [0.25, 0.3) is 0 Å². The van der Waals surface area contributed by atoms with Gasteiger partial charge < -0.3 is 4.74 Å². The van der Waals surface area contributed by atoms with E-state index in [1.165, 1.54) is 5.56 Å². The summed E-state index contributed by atoms with van der Waals surface area (Å²) in [5, 5.41) is 0. The van der Waals surface area contributed by atoms with Crippen LogP contribution in [0.5, 0.6) is 0 Å². The lowest BCUT2D eigenvalue weighted by atomic mass is 9.90. The number of benzene rings is 1. The Morgan fingerprint density at radius 2 is 2.06 bits per heavy atom. The predicted molar refractivity (Wildman–Crippen MR) is 63.2 cm³/mol. The lowest BCUT2D eigenvalue weighted by Gasteiger charge is -2.17. The fraction of sp³-hybridized carbons (Fsp3) is 0.500. The molecule has 1 fully saturated rings. The van der Waals surface area contributed by atoms with Gasteiger partial charge in [-0.2, -0.15) is 0 Å². The summed E-state index contributed by atoms with van der Waals surface area (Å²) in [5.74, 6) is 0.218. The van der Waals surface area contributed by atoms with E-state index in [1.807, 2.05) is 18.2 Å². The second kappa shape index (κ2) is 5.15. The van der Waals surface area contributed by atoms with E-state index < -0.39 is 0 Å². The number of ether oxygens (including phenoxy) is 1. The van der Waals surface area contributed by atoms with Crippen LogP contribution in [0, 0.1) is 0 Å². The smallest absolute Gasteiger partial charge is 0.306 e. The highest BCUT2D eigenvalue weighted by atomic mass is 16.5. The van der Waals surface area contributed by atoms with Crippen molar-refractivity contribution in [3.8, 4) is 0 Å². The molecule has 2 heteroatoms. The zero-order valence-corrected chi connectivity index (χ0v) is 9.69. The molecule has 0 bridgehead atoms. The number of esters is 1. The van der Waals surface area contributed by atoms with Crippen LogP contribution < -0.4 is 0 Å². The van der Waals surface area contributed by atoms with Crippen LogP contribution >= 0.6 is 0 Å². The number of cyclic esters (lactones) is 1.